The van der Waals surface area contributed by atoms with E-state index >= 15 is 0 Å². The van der Waals surface area contributed by atoms with Crippen molar-refractivity contribution in [1.82, 2.24) is 5.16 Å². The number of rotatable bonds is 4. The van der Waals surface area contributed by atoms with Gasteiger partial charge in [-0.2, -0.15) is 8.78 Å². The summed E-state index contributed by atoms with van der Waals surface area (Å²) in [5.41, 5.74) is 3.74. The molecular formula is C14H7Cl2F3N2O2. The summed E-state index contributed by atoms with van der Waals surface area (Å²) in [6, 6.07) is 2.10. The summed E-state index contributed by atoms with van der Waals surface area (Å²) in [4.78, 5) is 11.5. The Morgan fingerprint density at radius 1 is 1.48 bits per heavy atom. The summed E-state index contributed by atoms with van der Waals surface area (Å²) in [7, 11) is 0. The largest absolute Gasteiger partial charge is 0.383 e. The Bertz CT molecular complexity index is 823. The van der Waals surface area contributed by atoms with Crippen molar-refractivity contribution in [2.45, 2.75) is 11.8 Å². The summed E-state index contributed by atoms with van der Waals surface area (Å²) in [6.07, 6.45) is 5.22. The minimum atomic E-state index is -4.04. The zero-order chi connectivity index (χ0) is 17.4. The van der Waals surface area contributed by atoms with Crippen molar-refractivity contribution in [2.75, 3.05) is 0 Å². The third-order valence-electron chi connectivity index (χ3n) is 2.88. The second-order valence-electron chi connectivity index (χ2n) is 4.40. The number of amides is 1. The zero-order valence-electron chi connectivity index (χ0n) is 11.2. The molecule has 0 spiro atoms. The number of hydrogen-bond acceptors (Lipinski definition) is 3. The van der Waals surface area contributed by atoms with Gasteiger partial charge in [0, 0.05) is 17.0 Å². The molecule has 4 nitrogen and oxygen atoms in total. The highest BCUT2D eigenvalue weighted by molar-refractivity contribution is 6.31. The lowest BCUT2D eigenvalue weighted by atomic mass is 10.0. The van der Waals surface area contributed by atoms with Crippen molar-refractivity contribution < 1.29 is 22.5 Å². The molecule has 23 heavy (non-hydrogen) atoms. The monoisotopic (exact) mass is 362 g/mol. The smallest absolute Gasteiger partial charge is 0.365 e. The maximum Gasteiger partial charge on any atom is 0.383 e. The third kappa shape index (κ3) is 3.28. The molecule has 1 aromatic carbocycles. The van der Waals surface area contributed by atoms with Crippen LogP contribution in [0.25, 0.3) is 11.3 Å². The number of alkyl halides is 3. The van der Waals surface area contributed by atoms with Crippen LogP contribution in [-0.4, -0.2) is 11.1 Å². The van der Waals surface area contributed by atoms with Crippen LogP contribution in [0.1, 0.15) is 21.7 Å². The molecule has 0 bridgehead atoms. The van der Waals surface area contributed by atoms with Crippen molar-refractivity contribution in [2.24, 2.45) is 5.73 Å². The summed E-state index contributed by atoms with van der Waals surface area (Å²) < 4.78 is 45.0. The first kappa shape index (κ1) is 17.2. The number of carbonyl (C=O) groups is 1. The van der Waals surface area contributed by atoms with Crippen molar-refractivity contribution in [1.29, 1.82) is 0 Å². The van der Waals surface area contributed by atoms with Gasteiger partial charge in [0.25, 0.3) is 5.91 Å². The van der Waals surface area contributed by atoms with Gasteiger partial charge in [-0.1, -0.05) is 16.8 Å². The second-order valence-corrected chi connectivity index (χ2v) is 5.28. The van der Waals surface area contributed by atoms with Crippen molar-refractivity contribution in [3.05, 3.63) is 39.9 Å². The number of terminal acetylenes is 1. The van der Waals surface area contributed by atoms with E-state index in [-0.39, 0.29) is 17.0 Å². The number of nitrogens with two attached hydrogens (primary N) is 1. The molecule has 2 aromatic rings. The normalized spacial score (nSPS) is 11.3. The van der Waals surface area contributed by atoms with Gasteiger partial charge in [0.1, 0.15) is 17.1 Å². The number of primary amides is 1. The van der Waals surface area contributed by atoms with Gasteiger partial charge in [-0.15, -0.1) is 12.3 Å². The van der Waals surface area contributed by atoms with Gasteiger partial charge in [-0.3, -0.25) is 4.79 Å². The van der Waals surface area contributed by atoms with Gasteiger partial charge in [-0.25, -0.2) is 4.39 Å². The van der Waals surface area contributed by atoms with Crippen LogP contribution in [0.15, 0.2) is 16.7 Å². The van der Waals surface area contributed by atoms with E-state index in [1.54, 1.807) is 0 Å². The quantitative estimate of drug-likeness (QED) is 0.665. The number of hydrogen-bond donors (Lipinski definition) is 1. The van der Waals surface area contributed by atoms with E-state index in [0.717, 1.165) is 6.07 Å². The molecule has 1 heterocycles. The molecule has 1 amide bonds. The molecule has 2 N–H and O–H groups in total. The van der Waals surface area contributed by atoms with E-state index in [0.29, 0.717) is 5.56 Å². The van der Waals surface area contributed by atoms with Crippen LogP contribution < -0.4 is 5.73 Å². The highest BCUT2D eigenvalue weighted by Gasteiger charge is 2.40. The van der Waals surface area contributed by atoms with Crippen LogP contribution >= 0.6 is 23.2 Å². The molecule has 0 saturated carbocycles. The predicted molar refractivity (Wildman–Crippen MR) is 77.7 cm³/mol. The number of halogens is 5. The Morgan fingerprint density at radius 2 is 2.13 bits per heavy atom. The molecule has 120 valence electrons. The van der Waals surface area contributed by atoms with Crippen LogP contribution in [0.3, 0.4) is 0 Å². The Kier molecular flexibility index (Phi) is 4.59. The molecule has 0 aliphatic rings. The number of aromatic nitrogens is 1. The van der Waals surface area contributed by atoms with Gasteiger partial charge >= 0.3 is 5.38 Å². The highest BCUT2D eigenvalue weighted by Crippen LogP contribution is 2.39. The third-order valence-corrected chi connectivity index (χ3v) is 3.40. The Hall–Kier alpha value is -2.17. The molecule has 0 fully saturated rings. The highest BCUT2D eigenvalue weighted by atomic mass is 35.5. The van der Waals surface area contributed by atoms with Gasteiger partial charge in [-0.05, 0) is 29.3 Å². The zero-order valence-corrected chi connectivity index (χ0v) is 12.7. The first-order valence-electron chi connectivity index (χ1n) is 5.95. The first-order chi connectivity index (χ1) is 10.7. The van der Waals surface area contributed by atoms with Gasteiger partial charge in [0.05, 0.1) is 0 Å². The summed E-state index contributed by atoms with van der Waals surface area (Å²) >= 11 is 10.7. The minimum Gasteiger partial charge on any atom is -0.365 e. The molecular weight excluding hydrogens is 356 g/mol. The van der Waals surface area contributed by atoms with Crippen LogP contribution in [0.5, 0.6) is 0 Å². The summed E-state index contributed by atoms with van der Waals surface area (Å²) in [6.45, 7) is 0. The number of benzene rings is 1. The van der Waals surface area contributed by atoms with Gasteiger partial charge < -0.3 is 10.3 Å². The van der Waals surface area contributed by atoms with E-state index < -0.39 is 34.1 Å². The molecule has 0 radical (unpaired) electrons. The molecule has 0 atom stereocenters. The average Bonchev–Trinajstić information content (AvgIpc) is 2.86. The Labute approximate surface area is 138 Å². The molecule has 0 unspecified atom stereocenters. The average molecular weight is 363 g/mol. The van der Waals surface area contributed by atoms with E-state index in [1.807, 2.05) is 0 Å². The number of carbonyl (C=O) groups excluding carboxylic acids is 1. The van der Waals surface area contributed by atoms with Gasteiger partial charge in [0.15, 0.2) is 0 Å². The summed E-state index contributed by atoms with van der Waals surface area (Å²) in [5.74, 6) is -1.18. The fraction of sp³-hybridized carbons (Fsp3) is 0.143. The lowest BCUT2D eigenvalue weighted by Crippen LogP contribution is -2.17. The van der Waals surface area contributed by atoms with Crippen LogP contribution in [-0.2, 0) is 11.8 Å². The molecule has 9 heteroatoms. The van der Waals surface area contributed by atoms with Crippen molar-refractivity contribution in [3.63, 3.8) is 0 Å². The van der Waals surface area contributed by atoms with E-state index in [9.17, 15) is 18.0 Å². The van der Waals surface area contributed by atoms with E-state index in [1.165, 1.54) is 6.07 Å². The molecule has 0 aliphatic carbocycles. The van der Waals surface area contributed by atoms with Crippen molar-refractivity contribution in [3.8, 4) is 23.6 Å². The fourth-order valence-electron chi connectivity index (χ4n) is 1.92. The Morgan fingerprint density at radius 3 is 2.65 bits per heavy atom. The van der Waals surface area contributed by atoms with Crippen LogP contribution in [0.4, 0.5) is 13.2 Å². The summed E-state index contributed by atoms with van der Waals surface area (Å²) in [5, 5.41) is -0.713. The molecule has 1 aromatic heterocycles. The van der Waals surface area contributed by atoms with Crippen molar-refractivity contribution >= 4 is 29.1 Å². The van der Waals surface area contributed by atoms with E-state index in [2.05, 4.69) is 15.6 Å². The molecule has 0 saturated heterocycles. The van der Waals surface area contributed by atoms with Crippen LogP contribution in [0.2, 0.25) is 5.02 Å². The minimum absolute atomic E-state index is 0.0382. The maximum absolute atomic E-state index is 14.1. The molecule has 0 aliphatic heterocycles. The van der Waals surface area contributed by atoms with Crippen LogP contribution in [0, 0.1) is 18.2 Å². The SMILES string of the molecule is C#CCc1cc(-c2noc(C(F)(F)Cl)c2C(N)=O)c(F)cc1Cl. The lowest BCUT2D eigenvalue weighted by molar-refractivity contribution is 0.0587. The number of nitrogens with zero attached hydrogens (tertiary/aromatic N) is 1. The topological polar surface area (TPSA) is 69.1 Å². The second kappa shape index (κ2) is 6.14. The van der Waals surface area contributed by atoms with E-state index in [4.69, 9.17) is 35.4 Å². The Balaban J connectivity index is 2.73. The lowest BCUT2D eigenvalue weighted by Gasteiger charge is -2.07. The standard InChI is InChI=1S/C14H7Cl2F3N2O2/c1-2-3-6-4-7(9(17)5-8(6)15)11-10(13(20)22)12(23-21-11)14(16,18)19/h1,4-5H,3H2,(H2,20,22). The van der Waals surface area contributed by atoms with Gasteiger partial charge in [0.2, 0.25) is 5.76 Å². The first-order valence-corrected chi connectivity index (χ1v) is 6.70. The maximum atomic E-state index is 14.1. The molecule has 2 rings (SSSR count). The fourth-order valence-corrected chi connectivity index (χ4v) is 2.26. The predicted octanol–water partition coefficient (Wildman–Crippen LogP) is 3.70.